The lowest BCUT2D eigenvalue weighted by atomic mass is 9.85. The van der Waals surface area contributed by atoms with Gasteiger partial charge in [-0.3, -0.25) is 4.79 Å². The summed E-state index contributed by atoms with van der Waals surface area (Å²) in [6, 6.07) is 0. The largest absolute Gasteiger partial charge is 0.345 e. The highest BCUT2D eigenvalue weighted by atomic mass is 16.2. The van der Waals surface area contributed by atoms with Crippen molar-refractivity contribution in [1.82, 2.24) is 4.90 Å². The zero-order valence-corrected chi connectivity index (χ0v) is 10.0. The molecule has 0 aromatic carbocycles. The standard InChI is InChI=1S/C12H24N2O/c1-3-10(8-13)7-12(15)14(2)9-11-5-4-6-11/h10-11H,3-9,13H2,1-2H3. The first-order valence-corrected chi connectivity index (χ1v) is 6.11. The van der Waals surface area contributed by atoms with Crippen molar-refractivity contribution in [1.29, 1.82) is 0 Å². The van der Waals surface area contributed by atoms with Crippen LogP contribution in [-0.4, -0.2) is 30.9 Å². The molecule has 1 unspecified atom stereocenters. The number of hydrogen-bond acceptors (Lipinski definition) is 2. The Hall–Kier alpha value is -0.570. The first-order chi connectivity index (χ1) is 7.17. The van der Waals surface area contributed by atoms with Crippen LogP contribution in [0.5, 0.6) is 0 Å². The maximum absolute atomic E-state index is 11.8. The molecule has 1 amide bonds. The Bertz CT molecular complexity index is 198. The molecule has 1 rings (SSSR count). The van der Waals surface area contributed by atoms with Crippen molar-refractivity contribution in [2.24, 2.45) is 17.6 Å². The second kappa shape index (κ2) is 6.11. The highest BCUT2D eigenvalue weighted by Crippen LogP contribution is 2.27. The van der Waals surface area contributed by atoms with E-state index in [4.69, 9.17) is 5.73 Å². The minimum atomic E-state index is 0.263. The highest BCUT2D eigenvalue weighted by molar-refractivity contribution is 5.76. The molecule has 1 aliphatic rings. The lowest BCUT2D eigenvalue weighted by Crippen LogP contribution is -2.35. The molecular weight excluding hydrogens is 188 g/mol. The molecule has 15 heavy (non-hydrogen) atoms. The van der Waals surface area contributed by atoms with Crippen LogP contribution in [0.1, 0.15) is 39.0 Å². The smallest absolute Gasteiger partial charge is 0.222 e. The van der Waals surface area contributed by atoms with Crippen LogP contribution in [0.4, 0.5) is 0 Å². The first kappa shape index (κ1) is 12.5. The molecule has 0 aromatic rings. The molecule has 2 N–H and O–H groups in total. The van der Waals surface area contributed by atoms with E-state index < -0.39 is 0 Å². The summed E-state index contributed by atoms with van der Waals surface area (Å²) in [4.78, 5) is 13.7. The predicted octanol–water partition coefficient (Wildman–Crippen LogP) is 1.62. The Labute approximate surface area is 93.0 Å². The minimum absolute atomic E-state index is 0.263. The monoisotopic (exact) mass is 212 g/mol. The average Bonchev–Trinajstić information content (AvgIpc) is 2.19. The average molecular weight is 212 g/mol. The third-order valence-electron chi connectivity index (χ3n) is 3.56. The van der Waals surface area contributed by atoms with Crippen LogP contribution in [-0.2, 0) is 4.79 Å². The summed E-state index contributed by atoms with van der Waals surface area (Å²) >= 11 is 0. The third-order valence-corrected chi connectivity index (χ3v) is 3.56. The number of nitrogens with two attached hydrogens (primary N) is 1. The zero-order valence-electron chi connectivity index (χ0n) is 10.0. The topological polar surface area (TPSA) is 46.3 Å². The van der Waals surface area contributed by atoms with Crippen LogP contribution >= 0.6 is 0 Å². The van der Waals surface area contributed by atoms with Gasteiger partial charge < -0.3 is 10.6 Å². The second-order valence-electron chi connectivity index (χ2n) is 4.79. The number of rotatable bonds is 6. The van der Waals surface area contributed by atoms with Gasteiger partial charge in [0.25, 0.3) is 0 Å². The van der Waals surface area contributed by atoms with Gasteiger partial charge in [-0.2, -0.15) is 0 Å². The lowest BCUT2D eigenvalue weighted by molar-refractivity contribution is -0.131. The van der Waals surface area contributed by atoms with E-state index in [9.17, 15) is 4.79 Å². The van der Waals surface area contributed by atoms with Gasteiger partial charge in [-0.1, -0.05) is 19.8 Å². The van der Waals surface area contributed by atoms with Crippen molar-refractivity contribution in [2.75, 3.05) is 20.1 Å². The predicted molar refractivity (Wildman–Crippen MR) is 62.4 cm³/mol. The van der Waals surface area contributed by atoms with E-state index in [0.29, 0.717) is 18.9 Å². The van der Waals surface area contributed by atoms with Crippen LogP contribution in [0.25, 0.3) is 0 Å². The molecule has 1 saturated carbocycles. The molecule has 3 heteroatoms. The van der Waals surface area contributed by atoms with Gasteiger partial charge >= 0.3 is 0 Å². The van der Waals surface area contributed by atoms with Gasteiger partial charge in [-0.05, 0) is 31.2 Å². The summed E-state index contributed by atoms with van der Waals surface area (Å²) in [7, 11) is 1.92. The zero-order chi connectivity index (χ0) is 11.3. The van der Waals surface area contributed by atoms with Crippen LogP contribution in [0, 0.1) is 11.8 Å². The number of carbonyl (C=O) groups excluding carboxylic acids is 1. The highest BCUT2D eigenvalue weighted by Gasteiger charge is 2.22. The number of carbonyl (C=O) groups is 1. The molecule has 0 spiro atoms. The van der Waals surface area contributed by atoms with E-state index >= 15 is 0 Å². The Kier molecular flexibility index (Phi) is 5.09. The molecule has 0 radical (unpaired) electrons. The van der Waals surface area contributed by atoms with Gasteiger partial charge in [0.1, 0.15) is 0 Å². The maximum atomic E-state index is 11.8. The summed E-state index contributed by atoms with van der Waals surface area (Å²) < 4.78 is 0. The summed E-state index contributed by atoms with van der Waals surface area (Å²) in [5.41, 5.74) is 5.60. The number of nitrogens with zero attached hydrogens (tertiary/aromatic N) is 1. The molecule has 3 nitrogen and oxygen atoms in total. The fourth-order valence-electron chi connectivity index (χ4n) is 1.96. The maximum Gasteiger partial charge on any atom is 0.222 e. The van der Waals surface area contributed by atoms with E-state index in [1.165, 1.54) is 19.3 Å². The lowest BCUT2D eigenvalue weighted by Gasteiger charge is -2.30. The fourth-order valence-corrected chi connectivity index (χ4v) is 1.96. The van der Waals surface area contributed by atoms with Crippen molar-refractivity contribution in [2.45, 2.75) is 39.0 Å². The van der Waals surface area contributed by atoms with E-state index in [2.05, 4.69) is 6.92 Å². The Morgan fingerprint density at radius 1 is 1.53 bits per heavy atom. The minimum Gasteiger partial charge on any atom is -0.345 e. The van der Waals surface area contributed by atoms with E-state index in [1.54, 1.807) is 0 Å². The van der Waals surface area contributed by atoms with Crippen molar-refractivity contribution in [3.05, 3.63) is 0 Å². The van der Waals surface area contributed by atoms with Gasteiger partial charge in [0, 0.05) is 20.0 Å². The quantitative estimate of drug-likeness (QED) is 0.727. The second-order valence-corrected chi connectivity index (χ2v) is 4.79. The first-order valence-electron chi connectivity index (χ1n) is 6.11. The molecule has 0 bridgehead atoms. The van der Waals surface area contributed by atoms with Crippen molar-refractivity contribution in [3.8, 4) is 0 Å². The molecule has 1 aliphatic carbocycles. The van der Waals surface area contributed by atoms with Gasteiger partial charge in [0.15, 0.2) is 0 Å². The Balaban J connectivity index is 2.24. The summed E-state index contributed by atoms with van der Waals surface area (Å²) in [6.07, 6.45) is 5.56. The molecule has 0 aliphatic heterocycles. The fraction of sp³-hybridized carbons (Fsp3) is 0.917. The van der Waals surface area contributed by atoms with Crippen LogP contribution < -0.4 is 5.73 Å². The normalized spacial score (nSPS) is 18.3. The molecule has 0 aromatic heterocycles. The van der Waals surface area contributed by atoms with Crippen molar-refractivity contribution < 1.29 is 4.79 Å². The summed E-state index contributed by atoms with van der Waals surface area (Å²) in [5.74, 6) is 1.39. The van der Waals surface area contributed by atoms with Crippen molar-refractivity contribution in [3.63, 3.8) is 0 Å². The van der Waals surface area contributed by atoms with Gasteiger partial charge in [-0.25, -0.2) is 0 Å². The van der Waals surface area contributed by atoms with Crippen LogP contribution in [0.2, 0.25) is 0 Å². The van der Waals surface area contributed by atoms with Gasteiger partial charge in [0.05, 0.1) is 0 Å². The molecule has 1 fully saturated rings. The third kappa shape index (κ3) is 3.82. The van der Waals surface area contributed by atoms with E-state index in [-0.39, 0.29) is 5.91 Å². The number of hydrogen-bond donors (Lipinski definition) is 1. The Morgan fingerprint density at radius 2 is 2.20 bits per heavy atom. The molecule has 1 atom stereocenters. The molecule has 0 heterocycles. The van der Waals surface area contributed by atoms with Crippen LogP contribution in [0.3, 0.4) is 0 Å². The van der Waals surface area contributed by atoms with E-state index in [1.807, 2.05) is 11.9 Å². The summed E-state index contributed by atoms with van der Waals surface area (Å²) in [6.45, 7) is 3.66. The Morgan fingerprint density at radius 3 is 2.60 bits per heavy atom. The molecule has 88 valence electrons. The number of amides is 1. The summed E-state index contributed by atoms with van der Waals surface area (Å²) in [5, 5.41) is 0. The molecular formula is C12H24N2O. The van der Waals surface area contributed by atoms with Gasteiger partial charge in [0.2, 0.25) is 5.91 Å². The van der Waals surface area contributed by atoms with Gasteiger partial charge in [-0.15, -0.1) is 0 Å². The van der Waals surface area contributed by atoms with E-state index in [0.717, 1.165) is 18.9 Å². The van der Waals surface area contributed by atoms with Crippen LogP contribution in [0.15, 0.2) is 0 Å². The van der Waals surface area contributed by atoms with Crippen molar-refractivity contribution >= 4 is 5.91 Å². The molecule has 0 saturated heterocycles. The SMILES string of the molecule is CCC(CN)CC(=O)N(C)CC1CCC1.